The number of hydrogen-bond donors (Lipinski definition) is 1. The Morgan fingerprint density at radius 1 is 1.38 bits per heavy atom. The minimum atomic E-state index is 0.140. The molecule has 1 saturated heterocycles. The number of hydrogen-bond acceptors (Lipinski definition) is 2. The molecule has 0 aromatic carbocycles. The molecule has 90 valence electrons. The lowest BCUT2D eigenvalue weighted by Crippen LogP contribution is -2.39. The van der Waals surface area contributed by atoms with Crippen LogP contribution < -0.4 is 5.32 Å². The van der Waals surface area contributed by atoms with Crippen LogP contribution in [0.25, 0.3) is 0 Å². The second-order valence-electron chi connectivity index (χ2n) is 4.21. The molecular formula is C13H22N2O. The largest absolute Gasteiger partial charge is 0.339 e. The molecule has 3 nitrogen and oxygen atoms in total. The molecule has 1 aliphatic rings. The molecule has 1 amide bonds. The van der Waals surface area contributed by atoms with Crippen LogP contribution in [-0.4, -0.2) is 37.5 Å². The predicted octanol–water partition coefficient (Wildman–Crippen LogP) is 1.58. The highest BCUT2D eigenvalue weighted by molar-refractivity contribution is 5.87. The quantitative estimate of drug-likeness (QED) is 0.578. The molecule has 1 aliphatic heterocycles. The van der Waals surface area contributed by atoms with Gasteiger partial charge in [-0.15, -0.1) is 0 Å². The number of piperidine rings is 1. The maximum atomic E-state index is 11.7. The van der Waals surface area contributed by atoms with Crippen LogP contribution in [0.4, 0.5) is 0 Å². The van der Waals surface area contributed by atoms with Gasteiger partial charge in [0, 0.05) is 19.2 Å². The van der Waals surface area contributed by atoms with Crippen LogP contribution in [0.3, 0.4) is 0 Å². The lowest BCUT2D eigenvalue weighted by atomic mass is 9.97. The maximum Gasteiger partial charge on any atom is 0.246 e. The Kier molecular flexibility index (Phi) is 5.86. The number of nitrogens with one attached hydrogen (secondary N) is 1. The Bertz CT molecular complexity index is 263. The second kappa shape index (κ2) is 7.23. The summed E-state index contributed by atoms with van der Waals surface area (Å²) in [7, 11) is 1.98. The van der Waals surface area contributed by atoms with Gasteiger partial charge in [0.2, 0.25) is 5.91 Å². The van der Waals surface area contributed by atoms with Gasteiger partial charge in [-0.3, -0.25) is 4.79 Å². The van der Waals surface area contributed by atoms with E-state index in [0.717, 1.165) is 38.4 Å². The molecule has 1 N–H and O–H groups in total. The van der Waals surface area contributed by atoms with Crippen molar-refractivity contribution in [1.29, 1.82) is 0 Å². The van der Waals surface area contributed by atoms with Crippen molar-refractivity contribution >= 4 is 5.91 Å². The molecule has 0 aromatic heterocycles. The van der Waals surface area contributed by atoms with Crippen LogP contribution in [0, 0.1) is 5.92 Å². The summed E-state index contributed by atoms with van der Waals surface area (Å²) in [6.07, 6.45) is 9.49. The van der Waals surface area contributed by atoms with Crippen molar-refractivity contribution < 1.29 is 4.79 Å². The fourth-order valence-corrected chi connectivity index (χ4v) is 2.00. The van der Waals surface area contributed by atoms with Crippen molar-refractivity contribution in [2.75, 3.05) is 26.7 Å². The molecule has 0 atom stereocenters. The standard InChI is InChI=1S/C13H22N2O/c1-3-4-5-6-13(16)15-9-7-12(8-10-15)11-14-2/h3-6,12,14H,7-11H2,1-2H3. The highest BCUT2D eigenvalue weighted by Crippen LogP contribution is 2.16. The second-order valence-corrected chi connectivity index (χ2v) is 4.21. The summed E-state index contributed by atoms with van der Waals surface area (Å²) in [4.78, 5) is 13.7. The third-order valence-electron chi connectivity index (χ3n) is 2.96. The van der Waals surface area contributed by atoms with Gasteiger partial charge in [-0.25, -0.2) is 0 Å². The first-order valence-corrected chi connectivity index (χ1v) is 6.00. The average molecular weight is 222 g/mol. The lowest BCUT2D eigenvalue weighted by molar-refractivity contribution is -0.127. The summed E-state index contributed by atoms with van der Waals surface area (Å²) in [5.41, 5.74) is 0. The van der Waals surface area contributed by atoms with E-state index in [9.17, 15) is 4.79 Å². The number of rotatable bonds is 4. The van der Waals surface area contributed by atoms with E-state index < -0.39 is 0 Å². The predicted molar refractivity (Wildman–Crippen MR) is 67.2 cm³/mol. The minimum Gasteiger partial charge on any atom is -0.339 e. The zero-order valence-corrected chi connectivity index (χ0v) is 10.3. The third kappa shape index (κ3) is 4.19. The molecule has 0 saturated carbocycles. The van der Waals surface area contributed by atoms with Gasteiger partial charge in [-0.05, 0) is 39.3 Å². The minimum absolute atomic E-state index is 0.140. The summed E-state index contributed by atoms with van der Waals surface area (Å²) in [6.45, 7) is 4.80. The molecule has 0 aromatic rings. The summed E-state index contributed by atoms with van der Waals surface area (Å²) in [6, 6.07) is 0. The molecule has 16 heavy (non-hydrogen) atoms. The van der Waals surface area contributed by atoms with E-state index in [1.165, 1.54) is 0 Å². The van der Waals surface area contributed by atoms with Crippen LogP contribution in [0.15, 0.2) is 24.3 Å². The normalized spacial score (nSPS) is 18.8. The van der Waals surface area contributed by atoms with Crippen molar-refractivity contribution in [3.8, 4) is 0 Å². The molecule has 1 fully saturated rings. The van der Waals surface area contributed by atoms with Crippen molar-refractivity contribution in [3.63, 3.8) is 0 Å². The molecule has 0 unspecified atom stereocenters. The highest BCUT2D eigenvalue weighted by atomic mass is 16.2. The Labute approximate surface area is 98.2 Å². The summed E-state index contributed by atoms with van der Waals surface area (Å²) < 4.78 is 0. The van der Waals surface area contributed by atoms with Crippen LogP contribution in [0.2, 0.25) is 0 Å². The SMILES string of the molecule is CC=CC=CC(=O)N1CCC(CNC)CC1. The van der Waals surface area contributed by atoms with Crippen molar-refractivity contribution in [2.45, 2.75) is 19.8 Å². The molecule has 0 bridgehead atoms. The monoisotopic (exact) mass is 222 g/mol. The number of likely N-dealkylation sites (tertiary alicyclic amines) is 1. The highest BCUT2D eigenvalue weighted by Gasteiger charge is 2.20. The molecule has 1 rings (SSSR count). The lowest BCUT2D eigenvalue weighted by Gasteiger charge is -2.31. The van der Waals surface area contributed by atoms with Gasteiger partial charge in [0.05, 0.1) is 0 Å². The van der Waals surface area contributed by atoms with E-state index in [2.05, 4.69) is 5.32 Å². The van der Waals surface area contributed by atoms with Crippen LogP contribution in [-0.2, 0) is 4.79 Å². The molecule has 0 spiro atoms. The van der Waals surface area contributed by atoms with Gasteiger partial charge in [-0.2, -0.15) is 0 Å². The number of carbonyl (C=O) groups is 1. The van der Waals surface area contributed by atoms with E-state index in [-0.39, 0.29) is 5.91 Å². The molecule has 0 aliphatic carbocycles. The van der Waals surface area contributed by atoms with Crippen molar-refractivity contribution in [2.24, 2.45) is 5.92 Å². The molecule has 0 radical (unpaired) electrons. The Hall–Kier alpha value is -1.09. The molecular weight excluding hydrogens is 200 g/mol. The first-order chi connectivity index (χ1) is 7.77. The Morgan fingerprint density at radius 3 is 2.62 bits per heavy atom. The number of allylic oxidation sites excluding steroid dienone is 3. The van der Waals surface area contributed by atoms with Gasteiger partial charge < -0.3 is 10.2 Å². The maximum absolute atomic E-state index is 11.7. The summed E-state index contributed by atoms with van der Waals surface area (Å²) in [5.74, 6) is 0.870. The zero-order valence-electron chi connectivity index (χ0n) is 10.3. The van der Waals surface area contributed by atoms with E-state index in [1.54, 1.807) is 6.08 Å². The average Bonchev–Trinajstić information content (AvgIpc) is 2.30. The summed E-state index contributed by atoms with van der Waals surface area (Å²) in [5, 5.41) is 3.20. The van der Waals surface area contributed by atoms with Crippen LogP contribution in [0.1, 0.15) is 19.8 Å². The van der Waals surface area contributed by atoms with Crippen LogP contribution in [0.5, 0.6) is 0 Å². The molecule has 3 heteroatoms. The topological polar surface area (TPSA) is 32.3 Å². The molecule has 1 heterocycles. The fourth-order valence-electron chi connectivity index (χ4n) is 2.00. The van der Waals surface area contributed by atoms with Gasteiger partial charge in [0.1, 0.15) is 0 Å². The zero-order chi connectivity index (χ0) is 11.8. The van der Waals surface area contributed by atoms with Gasteiger partial charge in [0.15, 0.2) is 0 Å². The van der Waals surface area contributed by atoms with E-state index in [1.807, 2.05) is 37.1 Å². The smallest absolute Gasteiger partial charge is 0.246 e. The fraction of sp³-hybridized carbons (Fsp3) is 0.615. The van der Waals surface area contributed by atoms with Crippen molar-refractivity contribution in [3.05, 3.63) is 24.3 Å². The number of nitrogens with zero attached hydrogens (tertiary/aromatic N) is 1. The van der Waals surface area contributed by atoms with E-state index in [4.69, 9.17) is 0 Å². The first-order valence-electron chi connectivity index (χ1n) is 6.00. The van der Waals surface area contributed by atoms with E-state index >= 15 is 0 Å². The summed E-state index contributed by atoms with van der Waals surface area (Å²) >= 11 is 0. The third-order valence-corrected chi connectivity index (χ3v) is 2.96. The Morgan fingerprint density at radius 2 is 2.06 bits per heavy atom. The number of amides is 1. The van der Waals surface area contributed by atoms with Gasteiger partial charge in [-0.1, -0.05) is 18.2 Å². The number of carbonyl (C=O) groups excluding carboxylic acids is 1. The van der Waals surface area contributed by atoms with Gasteiger partial charge in [0.25, 0.3) is 0 Å². The Balaban J connectivity index is 2.33. The first kappa shape index (κ1) is 13.0. The van der Waals surface area contributed by atoms with Crippen LogP contribution >= 0.6 is 0 Å². The van der Waals surface area contributed by atoms with E-state index in [0.29, 0.717) is 0 Å². The van der Waals surface area contributed by atoms with Gasteiger partial charge >= 0.3 is 0 Å². The van der Waals surface area contributed by atoms with Crippen molar-refractivity contribution in [1.82, 2.24) is 10.2 Å².